The first-order valence-corrected chi connectivity index (χ1v) is 3.47. The summed E-state index contributed by atoms with van der Waals surface area (Å²) in [5.41, 5.74) is 0. The SMILES string of the molecule is CCOC(=O)[NH][Ce]. The molecule has 0 aliphatic carbocycles. The molecule has 0 saturated carbocycles. The molecule has 0 aromatic heterocycles. The topological polar surface area (TPSA) is 38.3 Å². The third kappa shape index (κ3) is 4.50. The van der Waals surface area contributed by atoms with Crippen LogP contribution in [0.15, 0.2) is 0 Å². The monoisotopic (exact) mass is 228 g/mol. The van der Waals surface area contributed by atoms with Gasteiger partial charge in [-0.25, -0.2) is 0 Å². The molecule has 0 saturated heterocycles. The molecule has 0 aromatic rings. The van der Waals surface area contributed by atoms with Crippen LogP contribution >= 0.6 is 0 Å². The van der Waals surface area contributed by atoms with Gasteiger partial charge < -0.3 is 0 Å². The molecule has 0 unspecified atom stereocenters. The Morgan fingerprint density at radius 2 is 2.57 bits per heavy atom. The summed E-state index contributed by atoms with van der Waals surface area (Å²) >= 11 is 0.663. The first kappa shape index (κ1) is 7.65. The van der Waals surface area contributed by atoms with Crippen molar-refractivity contribution in [3.8, 4) is 0 Å². The first-order valence-electron chi connectivity index (χ1n) is 1.90. The summed E-state index contributed by atoms with van der Waals surface area (Å²) in [7, 11) is 0. The van der Waals surface area contributed by atoms with Crippen molar-refractivity contribution in [2.24, 2.45) is 0 Å². The van der Waals surface area contributed by atoms with Crippen LogP contribution in [0.4, 0.5) is 4.79 Å². The Morgan fingerprint density at radius 3 is 2.71 bits per heavy atom. The molecule has 0 spiro atoms. The van der Waals surface area contributed by atoms with Crippen molar-refractivity contribution >= 4 is 6.09 Å². The summed E-state index contributed by atoms with van der Waals surface area (Å²) in [5.74, 6) is 0. The second kappa shape index (κ2) is 4.80. The van der Waals surface area contributed by atoms with Gasteiger partial charge in [0, 0.05) is 0 Å². The van der Waals surface area contributed by atoms with Gasteiger partial charge in [-0.05, 0) is 0 Å². The summed E-state index contributed by atoms with van der Waals surface area (Å²) in [5, 5.41) is 0. The predicted molar refractivity (Wildman–Crippen MR) is 20.2 cm³/mol. The predicted octanol–water partition coefficient (Wildman–Crippen LogP) is 0.197. The average molecular weight is 228 g/mol. The third-order valence-electron chi connectivity index (χ3n) is 0.377. The number of carbonyl (C=O) groups is 1. The molecule has 4 heteroatoms. The Morgan fingerprint density at radius 1 is 2.00 bits per heavy atom. The zero-order chi connectivity index (χ0) is 5.70. The van der Waals surface area contributed by atoms with Crippen molar-refractivity contribution < 1.29 is 49.6 Å². The van der Waals surface area contributed by atoms with E-state index in [1.54, 1.807) is 6.92 Å². The number of carbonyl (C=O) groups excluding carboxylic acids is 1. The van der Waals surface area contributed by atoms with E-state index in [4.69, 9.17) is 0 Å². The van der Waals surface area contributed by atoms with Crippen LogP contribution < -0.4 is 1.28 Å². The van der Waals surface area contributed by atoms with Gasteiger partial charge in [-0.3, -0.25) is 0 Å². The minimum atomic E-state index is -0.311. The summed E-state index contributed by atoms with van der Waals surface area (Å²) in [4.78, 5) is 10.1. The number of ether oxygens (including phenoxy) is 1. The number of nitrogens with one attached hydrogen (secondary N) is 1. The van der Waals surface area contributed by atoms with Gasteiger partial charge in [0.2, 0.25) is 0 Å². The molecule has 0 aliphatic heterocycles. The molecule has 0 aliphatic rings. The number of hydrogen-bond donors (Lipinski definition) is 1. The van der Waals surface area contributed by atoms with Crippen molar-refractivity contribution in [2.75, 3.05) is 6.61 Å². The van der Waals surface area contributed by atoms with Crippen LogP contribution in [0.2, 0.25) is 0 Å². The van der Waals surface area contributed by atoms with Crippen LogP contribution in [0.25, 0.3) is 0 Å². The molecular formula is C3H6CeNO2. The second-order valence-electron chi connectivity index (χ2n) is 0.845. The molecule has 0 heterocycles. The van der Waals surface area contributed by atoms with Crippen molar-refractivity contribution in [3.63, 3.8) is 0 Å². The molecule has 0 radical (unpaired) electrons. The van der Waals surface area contributed by atoms with Crippen LogP contribution in [-0.2, 0) is 4.74 Å². The van der Waals surface area contributed by atoms with Crippen molar-refractivity contribution in [2.45, 2.75) is 6.92 Å². The Hall–Kier alpha value is 0.647. The Balaban J connectivity index is 3.00. The zero-order valence-corrected chi connectivity index (χ0v) is 7.16. The zero-order valence-electron chi connectivity index (χ0n) is 4.02. The van der Waals surface area contributed by atoms with Crippen molar-refractivity contribution in [1.82, 2.24) is 1.28 Å². The van der Waals surface area contributed by atoms with E-state index in [0.29, 0.717) is 46.7 Å². The molecule has 0 fully saturated rings. The van der Waals surface area contributed by atoms with Crippen LogP contribution in [-0.4, -0.2) is 12.7 Å². The molecule has 0 bridgehead atoms. The van der Waals surface area contributed by atoms with E-state index in [9.17, 15) is 4.79 Å². The molecule has 1 amide bonds. The first-order chi connectivity index (χ1) is 3.31. The van der Waals surface area contributed by atoms with E-state index in [-0.39, 0.29) is 6.09 Å². The van der Waals surface area contributed by atoms with Crippen LogP contribution in [0.1, 0.15) is 6.92 Å². The summed E-state index contributed by atoms with van der Waals surface area (Å²) < 4.78 is 6.92. The molecule has 0 aromatic carbocycles. The molecule has 0 rings (SSSR count). The van der Waals surface area contributed by atoms with Crippen molar-refractivity contribution in [1.29, 1.82) is 0 Å². The standard InChI is InChI=1S/C3H7NO2.Ce/c1-2-6-3(4)5;/h2H2,1H3,(H2,4,5);/q;+1/p-1. The number of amides is 1. The molecule has 0 atom stereocenters. The van der Waals surface area contributed by atoms with Gasteiger partial charge in [0.25, 0.3) is 0 Å². The number of rotatable bonds is 1. The van der Waals surface area contributed by atoms with E-state index in [1.807, 2.05) is 0 Å². The normalized spacial score (nSPS) is 7.43. The third-order valence-corrected chi connectivity index (χ3v) is 1.02. The van der Waals surface area contributed by atoms with E-state index in [2.05, 4.69) is 6.02 Å². The maximum absolute atomic E-state index is 10.1. The van der Waals surface area contributed by atoms with Crippen molar-refractivity contribution in [3.05, 3.63) is 0 Å². The van der Waals surface area contributed by atoms with E-state index < -0.39 is 0 Å². The van der Waals surface area contributed by atoms with Gasteiger partial charge in [0.15, 0.2) is 0 Å². The second-order valence-corrected chi connectivity index (χ2v) is 1.63. The van der Waals surface area contributed by atoms with E-state index in [0.717, 1.165) is 0 Å². The fourth-order valence-corrected chi connectivity index (χ4v) is 0.394. The van der Waals surface area contributed by atoms with Gasteiger partial charge >= 0.3 is 70.5 Å². The van der Waals surface area contributed by atoms with Gasteiger partial charge in [-0.15, -0.1) is 0 Å². The molecule has 3 nitrogen and oxygen atoms in total. The fraction of sp³-hybridized carbons (Fsp3) is 0.667. The van der Waals surface area contributed by atoms with Gasteiger partial charge in [0.05, 0.1) is 0 Å². The molecule has 39 valence electrons. The minimum absolute atomic E-state index is 0.311. The molecule has 7 heavy (non-hydrogen) atoms. The summed E-state index contributed by atoms with van der Waals surface area (Å²) in [6, 6.07) is 0. The van der Waals surface area contributed by atoms with Crippen LogP contribution in [0.3, 0.4) is 0 Å². The van der Waals surface area contributed by atoms with E-state index in [1.165, 1.54) is 0 Å². The Kier molecular flexibility index (Phi) is 5.24. The summed E-state index contributed by atoms with van der Waals surface area (Å²) in [6.45, 7) is 2.23. The summed E-state index contributed by atoms with van der Waals surface area (Å²) in [6.07, 6.45) is -0.311. The molecule has 1 N–H and O–H groups in total. The fourth-order valence-electron chi connectivity index (χ4n) is 0.167. The van der Waals surface area contributed by atoms with Crippen LogP contribution in [0.5, 0.6) is 0 Å². The maximum atomic E-state index is 10.1. The van der Waals surface area contributed by atoms with Gasteiger partial charge in [-0.1, -0.05) is 0 Å². The average Bonchev–Trinajstić information content (AvgIpc) is 1.68. The number of hydrogen-bond acceptors (Lipinski definition) is 2. The van der Waals surface area contributed by atoms with Crippen LogP contribution in [0, 0.1) is 40.0 Å². The molecular weight excluding hydrogens is 222 g/mol. The van der Waals surface area contributed by atoms with E-state index >= 15 is 0 Å². The Labute approximate surface area is 69.8 Å². The quantitative estimate of drug-likeness (QED) is 0.696. The van der Waals surface area contributed by atoms with Gasteiger partial charge in [-0.2, -0.15) is 0 Å². The van der Waals surface area contributed by atoms with Gasteiger partial charge in [0.1, 0.15) is 0 Å². The Bertz CT molecular complexity index is 66.0.